The van der Waals surface area contributed by atoms with Gasteiger partial charge in [0, 0.05) is 17.3 Å². The topological polar surface area (TPSA) is 32.3 Å². The zero-order valence-corrected chi connectivity index (χ0v) is 10.3. The summed E-state index contributed by atoms with van der Waals surface area (Å²) < 4.78 is 1.14. The Balaban J connectivity index is 1.90. The van der Waals surface area contributed by atoms with E-state index in [0.29, 0.717) is 6.04 Å². The van der Waals surface area contributed by atoms with Crippen LogP contribution in [-0.2, 0) is 6.42 Å². The summed E-state index contributed by atoms with van der Waals surface area (Å²) in [5.41, 5.74) is 0. The number of aliphatic hydroxyl groups is 1. The summed E-state index contributed by atoms with van der Waals surface area (Å²) in [5.74, 6) is 0. The maximum atomic E-state index is 9.94. The zero-order valence-electron chi connectivity index (χ0n) is 7.87. The van der Waals surface area contributed by atoms with Gasteiger partial charge in [-0.1, -0.05) is 0 Å². The smallest absolute Gasteiger partial charge is 0.0741 e. The van der Waals surface area contributed by atoms with E-state index in [2.05, 4.69) is 27.3 Å². The minimum absolute atomic E-state index is 0.233. The summed E-state index contributed by atoms with van der Waals surface area (Å²) in [4.78, 5) is 1.25. The van der Waals surface area contributed by atoms with Crippen LogP contribution in [0.5, 0.6) is 0 Å². The molecular weight excluding hydrogens is 262 g/mol. The Morgan fingerprint density at radius 1 is 1.64 bits per heavy atom. The van der Waals surface area contributed by atoms with Crippen molar-refractivity contribution >= 4 is 27.3 Å². The van der Waals surface area contributed by atoms with Crippen LogP contribution >= 0.6 is 27.3 Å². The summed E-state index contributed by atoms with van der Waals surface area (Å²) in [6, 6.07) is 4.41. The molecule has 14 heavy (non-hydrogen) atoms. The van der Waals surface area contributed by atoms with E-state index in [1.807, 2.05) is 6.07 Å². The summed E-state index contributed by atoms with van der Waals surface area (Å²) >= 11 is 5.13. The van der Waals surface area contributed by atoms with E-state index in [4.69, 9.17) is 0 Å². The first kappa shape index (κ1) is 10.6. The van der Waals surface area contributed by atoms with Crippen LogP contribution in [0.1, 0.15) is 17.7 Å². The number of hydrogen-bond acceptors (Lipinski definition) is 3. The number of thiophene rings is 1. The first-order chi connectivity index (χ1) is 6.75. The van der Waals surface area contributed by atoms with Crippen molar-refractivity contribution in [2.24, 2.45) is 0 Å². The fraction of sp³-hybridized carbons (Fsp3) is 0.600. The number of hydrogen-bond donors (Lipinski definition) is 2. The van der Waals surface area contributed by atoms with E-state index in [1.165, 1.54) is 11.3 Å². The number of aliphatic hydroxyl groups excluding tert-OH is 1. The summed E-state index contributed by atoms with van der Waals surface area (Å²) in [7, 11) is 0. The molecule has 1 fully saturated rings. The Hall–Kier alpha value is 0.1000. The van der Waals surface area contributed by atoms with Gasteiger partial charge in [0.1, 0.15) is 0 Å². The predicted molar refractivity (Wildman–Crippen MR) is 62.8 cm³/mol. The molecule has 2 heterocycles. The van der Waals surface area contributed by atoms with Gasteiger partial charge in [-0.25, -0.2) is 0 Å². The van der Waals surface area contributed by atoms with Gasteiger partial charge in [0.05, 0.1) is 9.89 Å². The average molecular weight is 276 g/mol. The van der Waals surface area contributed by atoms with Crippen molar-refractivity contribution in [2.75, 3.05) is 6.54 Å². The lowest BCUT2D eigenvalue weighted by molar-refractivity contribution is 0.137. The molecule has 0 amide bonds. The van der Waals surface area contributed by atoms with Crippen molar-refractivity contribution < 1.29 is 5.11 Å². The lowest BCUT2D eigenvalue weighted by atomic mass is 10.1. The van der Waals surface area contributed by atoms with Crippen LogP contribution in [0.25, 0.3) is 0 Å². The van der Waals surface area contributed by atoms with Crippen LogP contribution in [0, 0.1) is 0 Å². The molecule has 0 aromatic carbocycles. The van der Waals surface area contributed by atoms with Gasteiger partial charge < -0.3 is 10.4 Å². The van der Waals surface area contributed by atoms with Gasteiger partial charge in [-0.15, -0.1) is 11.3 Å². The molecule has 4 heteroatoms. The van der Waals surface area contributed by atoms with Gasteiger partial charge in [0.2, 0.25) is 0 Å². The average Bonchev–Trinajstić information content (AvgIpc) is 2.75. The molecule has 2 atom stereocenters. The van der Waals surface area contributed by atoms with Gasteiger partial charge in [-0.2, -0.15) is 0 Å². The van der Waals surface area contributed by atoms with E-state index in [0.717, 1.165) is 23.2 Å². The van der Waals surface area contributed by atoms with E-state index in [-0.39, 0.29) is 6.10 Å². The third kappa shape index (κ3) is 2.57. The van der Waals surface area contributed by atoms with E-state index in [1.54, 1.807) is 11.3 Å². The quantitative estimate of drug-likeness (QED) is 0.886. The molecule has 1 aromatic rings. The van der Waals surface area contributed by atoms with Gasteiger partial charge in [0.15, 0.2) is 0 Å². The number of halogens is 1. The SMILES string of the molecule is OC(Cc1ccc(Br)s1)C1CCCN1. The number of nitrogens with one attached hydrogen (secondary N) is 1. The second-order valence-electron chi connectivity index (χ2n) is 3.68. The highest BCUT2D eigenvalue weighted by Gasteiger charge is 2.22. The Morgan fingerprint density at radius 2 is 2.50 bits per heavy atom. The van der Waals surface area contributed by atoms with Crippen LogP contribution in [0.2, 0.25) is 0 Å². The molecule has 1 aromatic heterocycles. The number of rotatable bonds is 3. The maximum absolute atomic E-state index is 9.94. The minimum Gasteiger partial charge on any atom is -0.391 e. The summed E-state index contributed by atoms with van der Waals surface area (Å²) in [5, 5.41) is 13.3. The van der Waals surface area contributed by atoms with Crippen molar-refractivity contribution in [3.63, 3.8) is 0 Å². The maximum Gasteiger partial charge on any atom is 0.0741 e. The lowest BCUT2D eigenvalue weighted by Crippen LogP contribution is -2.35. The second kappa shape index (κ2) is 4.75. The van der Waals surface area contributed by atoms with E-state index >= 15 is 0 Å². The highest BCUT2D eigenvalue weighted by Crippen LogP contribution is 2.24. The van der Waals surface area contributed by atoms with Gasteiger partial charge in [-0.3, -0.25) is 0 Å². The van der Waals surface area contributed by atoms with Gasteiger partial charge in [0.25, 0.3) is 0 Å². The molecule has 2 nitrogen and oxygen atoms in total. The first-order valence-corrected chi connectivity index (χ1v) is 6.52. The van der Waals surface area contributed by atoms with Crippen LogP contribution < -0.4 is 5.32 Å². The van der Waals surface area contributed by atoms with Crippen molar-refractivity contribution in [1.82, 2.24) is 5.32 Å². The zero-order chi connectivity index (χ0) is 9.97. The molecule has 0 spiro atoms. The van der Waals surface area contributed by atoms with Gasteiger partial charge >= 0.3 is 0 Å². The Bertz CT molecular complexity index is 296. The molecule has 2 N–H and O–H groups in total. The molecule has 1 aliphatic heterocycles. The highest BCUT2D eigenvalue weighted by molar-refractivity contribution is 9.11. The van der Waals surface area contributed by atoms with Crippen molar-refractivity contribution in [3.05, 3.63) is 20.8 Å². The fourth-order valence-corrected chi connectivity index (χ4v) is 3.38. The van der Waals surface area contributed by atoms with Crippen LogP contribution in [0.4, 0.5) is 0 Å². The highest BCUT2D eigenvalue weighted by atomic mass is 79.9. The van der Waals surface area contributed by atoms with Gasteiger partial charge in [-0.05, 0) is 47.4 Å². The Labute approximate surface area is 96.5 Å². The molecule has 0 aliphatic carbocycles. The minimum atomic E-state index is -0.233. The van der Waals surface area contributed by atoms with Crippen LogP contribution in [0.3, 0.4) is 0 Å². The Morgan fingerprint density at radius 3 is 3.07 bits per heavy atom. The van der Waals surface area contributed by atoms with Crippen molar-refractivity contribution in [1.29, 1.82) is 0 Å². The molecule has 0 bridgehead atoms. The third-order valence-corrected chi connectivity index (χ3v) is 4.25. The van der Waals surface area contributed by atoms with Crippen molar-refractivity contribution in [3.8, 4) is 0 Å². The largest absolute Gasteiger partial charge is 0.391 e. The molecule has 1 aliphatic rings. The van der Waals surface area contributed by atoms with Crippen molar-refractivity contribution in [2.45, 2.75) is 31.4 Å². The first-order valence-electron chi connectivity index (χ1n) is 4.91. The predicted octanol–water partition coefficient (Wildman–Crippen LogP) is 2.17. The molecule has 2 unspecified atom stereocenters. The molecule has 78 valence electrons. The third-order valence-electron chi connectivity index (χ3n) is 2.60. The van der Waals surface area contributed by atoms with E-state index < -0.39 is 0 Å². The second-order valence-corrected chi connectivity index (χ2v) is 6.23. The Kier molecular flexibility index (Phi) is 3.60. The normalized spacial score (nSPS) is 24.0. The monoisotopic (exact) mass is 275 g/mol. The van der Waals surface area contributed by atoms with E-state index in [9.17, 15) is 5.11 Å². The molecule has 0 saturated carbocycles. The standard InChI is InChI=1S/C10H14BrNOS/c11-10-4-3-7(14-10)6-9(13)8-2-1-5-12-8/h3-4,8-9,12-13H,1-2,5-6H2. The van der Waals surface area contributed by atoms with Crippen LogP contribution in [0.15, 0.2) is 15.9 Å². The molecular formula is C10H14BrNOS. The lowest BCUT2D eigenvalue weighted by Gasteiger charge is -2.17. The summed E-state index contributed by atoms with van der Waals surface area (Å²) in [6.07, 6.45) is 2.83. The van der Waals surface area contributed by atoms with Crippen LogP contribution in [-0.4, -0.2) is 23.8 Å². The molecule has 2 rings (SSSR count). The molecule has 1 saturated heterocycles. The summed E-state index contributed by atoms with van der Waals surface area (Å²) in [6.45, 7) is 1.05. The fourth-order valence-electron chi connectivity index (χ4n) is 1.85. The molecule has 0 radical (unpaired) electrons.